The molecule has 120 valence electrons. The minimum absolute atomic E-state index is 0.514. The van der Waals surface area contributed by atoms with Crippen LogP contribution in [0.1, 0.15) is 26.5 Å². The monoisotopic (exact) mass is 310 g/mol. The Morgan fingerprint density at radius 3 is 2.91 bits per heavy atom. The molecule has 0 N–H and O–H groups in total. The van der Waals surface area contributed by atoms with E-state index in [1.807, 2.05) is 18.3 Å². The lowest BCUT2D eigenvalue weighted by molar-refractivity contribution is 0.564. The highest BCUT2D eigenvalue weighted by Gasteiger charge is 2.29. The van der Waals surface area contributed by atoms with Gasteiger partial charge in [0.05, 0.1) is 0 Å². The zero-order chi connectivity index (χ0) is 16.4. The van der Waals surface area contributed by atoms with Gasteiger partial charge in [-0.25, -0.2) is 15.0 Å². The van der Waals surface area contributed by atoms with E-state index in [9.17, 15) is 0 Å². The molecule has 0 aliphatic carbocycles. The molecular formula is C18H22N4O. The fraction of sp³-hybridized carbons (Fsp3) is 0.389. The fourth-order valence-electron chi connectivity index (χ4n) is 2.74. The molecule has 0 spiro atoms. The molecule has 2 unspecified atom stereocenters. The molecule has 0 radical (unpaired) electrons. The first-order chi connectivity index (χ1) is 11.1. The highest BCUT2D eigenvalue weighted by atomic mass is 16.3. The maximum atomic E-state index is 5.04. The van der Waals surface area contributed by atoms with Crippen LogP contribution in [-0.4, -0.2) is 27.8 Å². The van der Waals surface area contributed by atoms with Gasteiger partial charge in [0.15, 0.2) is 6.39 Å². The third-order valence-electron chi connectivity index (χ3n) is 4.45. The highest BCUT2D eigenvalue weighted by Crippen LogP contribution is 2.31. The summed E-state index contributed by atoms with van der Waals surface area (Å²) in [5.41, 5.74) is 3.87. The topological polar surface area (TPSA) is 54.5 Å². The second-order valence-electron chi connectivity index (χ2n) is 5.96. The molecule has 0 fully saturated rings. The van der Waals surface area contributed by atoms with E-state index in [0.29, 0.717) is 17.5 Å². The number of pyridine rings is 1. The Balaban J connectivity index is 0.000000136. The fourth-order valence-corrected chi connectivity index (χ4v) is 2.74. The van der Waals surface area contributed by atoms with E-state index in [1.54, 1.807) is 0 Å². The molecule has 2 aliphatic rings. The summed E-state index contributed by atoms with van der Waals surface area (Å²) < 4.78 is 5.04. The zero-order valence-corrected chi connectivity index (χ0v) is 14.0. The van der Waals surface area contributed by atoms with Gasteiger partial charge in [-0.15, -0.1) is 0 Å². The molecule has 5 nitrogen and oxygen atoms in total. The van der Waals surface area contributed by atoms with Crippen molar-refractivity contribution in [1.82, 2.24) is 14.9 Å². The van der Waals surface area contributed by atoms with Crippen molar-refractivity contribution < 1.29 is 4.42 Å². The van der Waals surface area contributed by atoms with Gasteiger partial charge in [0.25, 0.3) is 0 Å². The first kappa shape index (κ1) is 15.5. The standard InChI is InChI=1S/C10H14N2.C8H8N2O/c1-7-6-11-10-9(8(7)2)4-5-12(10)3;1-2-6-3-4-7-8(10-6)11-5-9-7/h4-6,8-9H,1-3H3;3-5H,2H2,1H3. The third kappa shape index (κ3) is 3.04. The molecule has 2 aliphatic heterocycles. The van der Waals surface area contributed by atoms with E-state index in [0.717, 1.165) is 17.6 Å². The van der Waals surface area contributed by atoms with E-state index in [1.165, 1.54) is 17.8 Å². The van der Waals surface area contributed by atoms with Gasteiger partial charge in [0.2, 0.25) is 5.71 Å². The maximum absolute atomic E-state index is 5.04. The summed E-state index contributed by atoms with van der Waals surface area (Å²) in [7, 11) is 2.05. The van der Waals surface area contributed by atoms with E-state index in [2.05, 4.69) is 60.0 Å². The van der Waals surface area contributed by atoms with Crippen LogP contribution in [0.25, 0.3) is 11.2 Å². The summed E-state index contributed by atoms with van der Waals surface area (Å²) in [6.45, 7) is 6.47. The predicted molar refractivity (Wildman–Crippen MR) is 91.9 cm³/mol. The van der Waals surface area contributed by atoms with Crippen LogP contribution in [0.15, 0.2) is 52.0 Å². The molecule has 0 saturated carbocycles. The average Bonchev–Trinajstić information content (AvgIpc) is 3.18. The van der Waals surface area contributed by atoms with Crippen LogP contribution in [0.4, 0.5) is 0 Å². The molecular weight excluding hydrogens is 288 g/mol. The number of rotatable bonds is 1. The van der Waals surface area contributed by atoms with Crippen molar-refractivity contribution in [2.24, 2.45) is 16.8 Å². The van der Waals surface area contributed by atoms with Crippen LogP contribution in [0, 0.1) is 11.8 Å². The lowest BCUT2D eigenvalue weighted by Crippen LogP contribution is -2.28. The molecule has 5 heteroatoms. The number of nitrogens with zero attached hydrogens (tertiary/aromatic N) is 4. The van der Waals surface area contributed by atoms with Crippen molar-refractivity contribution in [2.45, 2.75) is 27.2 Å². The van der Waals surface area contributed by atoms with Crippen molar-refractivity contribution in [2.75, 3.05) is 7.05 Å². The van der Waals surface area contributed by atoms with Crippen LogP contribution in [-0.2, 0) is 6.42 Å². The van der Waals surface area contributed by atoms with Crippen molar-refractivity contribution in [3.8, 4) is 0 Å². The maximum Gasteiger partial charge on any atom is 0.246 e. The number of oxazole rings is 1. The predicted octanol–water partition coefficient (Wildman–Crippen LogP) is 3.80. The second-order valence-corrected chi connectivity index (χ2v) is 5.96. The SMILES string of the molecule is CC1=CN=C2C(C=CN2C)C1C.CCc1ccc2ncoc2n1. The Hall–Kier alpha value is -2.43. The average molecular weight is 310 g/mol. The molecule has 2 aromatic rings. The van der Waals surface area contributed by atoms with Gasteiger partial charge in [0.1, 0.15) is 11.4 Å². The van der Waals surface area contributed by atoms with E-state index in [4.69, 9.17) is 4.42 Å². The Morgan fingerprint density at radius 1 is 1.30 bits per heavy atom. The Labute approximate surface area is 136 Å². The zero-order valence-electron chi connectivity index (χ0n) is 14.0. The number of aliphatic imine (C=N–C) groups is 1. The van der Waals surface area contributed by atoms with Gasteiger partial charge in [0, 0.05) is 31.1 Å². The van der Waals surface area contributed by atoms with Crippen LogP contribution in [0.5, 0.6) is 0 Å². The van der Waals surface area contributed by atoms with Crippen molar-refractivity contribution in [3.63, 3.8) is 0 Å². The number of allylic oxidation sites excluding steroid dienone is 1. The van der Waals surface area contributed by atoms with Gasteiger partial charge in [-0.3, -0.25) is 0 Å². The summed E-state index contributed by atoms with van der Waals surface area (Å²) in [4.78, 5) is 14.7. The molecule has 23 heavy (non-hydrogen) atoms. The Kier molecular flexibility index (Phi) is 4.28. The number of aromatic nitrogens is 2. The summed E-state index contributed by atoms with van der Waals surface area (Å²) in [6.07, 6.45) is 8.67. The number of fused-ring (bicyclic) bond motifs is 2. The molecule has 2 atom stereocenters. The molecule has 0 bridgehead atoms. The quantitative estimate of drug-likeness (QED) is 0.804. The smallest absolute Gasteiger partial charge is 0.246 e. The van der Waals surface area contributed by atoms with Gasteiger partial charge in [-0.1, -0.05) is 25.5 Å². The van der Waals surface area contributed by atoms with Crippen molar-refractivity contribution >= 4 is 17.1 Å². The molecule has 2 aromatic heterocycles. The van der Waals surface area contributed by atoms with Crippen LogP contribution in [0.2, 0.25) is 0 Å². The largest absolute Gasteiger partial charge is 0.425 e. The number of aryl methyl sites for hydroxylation is 1. The van der Waals surface area contributed by atoms with Gasteiger partial charge in [-0.2, -0.15) is 0 Å². The molecule has 4 heterocycles. The van der Waals surface area contributed by atoms with Gasteiger partial charge in [-0.05, 0) is 31.4 Å². The lowest BCUT2D eigenvalue weighted by atomic mass is 9.87. The van der Waals surface area contributed by atoms with Crippen molar-refractivity contribution in [3.05, 3.63) is 48.3 Å². The number of hydrogen-bond acceptors (Lipinski definition) is 5. The third-order valence-corrected chi connectivity index (χ3v) is 4.45. The Bertz CT molecular complexity index is 787. The molecule has 4 rings (SSSR count). The number of amidine groups is 1. The first-order valence-corrected chi connectivity index (χ1v) is 7.94. The lowest BCUT2D eigenvalue weighted by Gasteiger charge is -2.25. The van der Waals surface area contributed by atoms with Gasteiger partial charge >= 0.3 is 0 Å². The second kappa shape index (κ2) is 6.36. The minimum Gasteiger partial charge on any atom is -0.425 e. The van der Waals surface area contributed by atoms with Gasteiger partial charge < -0.3 is 9.32 Å². The summed E-state index contributed by atoms with van der Waals surface area (Å²) in [5.74, 6) is 2.31. The summed E-state index contributed by atoms with van der Waals surface area (Å²) in [5, 5.41) is 0. The van der Waals surface area contributed by atoms with Crippen LogP contribution < -0.4 is 0 Å². The normalized spacial score (nSPS) is 22.3. The molecule has 0 saturated heterocycles. The summed E-state index contributed by atoms with van der Waals surface area (Å²) in [6, 6.07) is 3.88. The first-order valence-electron chi connectivity index (χ1n) is 7.94. The van der Waals surface area contributed by atoms with Crippen LogP contribution in [0.3, 0.4) is 0 Å². The highest BCUT2D eigenvalue weighted by molar-refractivity contribution is 5.91. The summed E-state index contributed by atoms with van der Waals surface area (Å²) >= 11 is 0. The van der Waals surface area contributed by atoms with Crippen LogP contribution >= 0.6 is 0 Å². The van der Waals surface area contributed by atoms with E-state index >= 15 is 0 Å². The van der Waals surface area contributed by atoms with E-state index < -0.39 is 0 Å². The van der Waals surface area contributed by atoms with Crippen molar-refractivity contribution in [1.29, 1.82) is 0 Å². The Morgan fingerprint density at radius 2 is 2.13 bits per heavy atom. The molecule has 0 aromatic carbocycles. The van der Waals surface area contributed by atoms with E-state index in [-0.39, 0.29) is 0 Å². The number of hydrogen-bond donors (Lipinski definition) is 0. The minimum atomic E-state index is 0.514. The molecule has 0 amide bonds.